The molecule has 1 heterocycles. The molecule has 30 heavy (non-hydrogen) atoms. The van der Waals surface area contributed by atoms with Crippen molar-refractivity contribution in [2.24, 2.45) is 10.4 Å². The lowest BCUT2D eigenvalue weighted by atomic mass is 9.87. The van der Waals surface area contributed by atoms with E-state index in [2.05, 4.69) is 76.0 Å². The molecular weight excluding hydrogens is 390 g/mol. The van der Waals surface area contributed by atoms with E-state index in [0.717, 1.165) is 11.6 Å². The second-order valence-electron chi connectivity index (χ2n) is 9.43. The van der Waals surface area contributed by atoms with Gasteiger partial charge in [-0.05, 0) is 56.1 Å². The number of benzene rings is 2. The average molecular weight is 424 g/mol. The van der Waals surface area contributed by atoms with Gasteiger partial charge in [0, 0.05) is 0 Å². The van der Waals surface area contributed by atoms with Crippen LogP contribution in [0.4, 0.5) is 0 Å². The van der Waals surface area contributed by atoms with Gasteiger partial charge in [-0.15, -0.1) is 0 Å². The van der Waals surface area contributed by atoms with Crippen molar-refractivity contribution in [1.82, 2.24) is 10.2 Å². The molecule has 1 saturated heterocycles. The van der Waals surface area contributed by atoms with Gasteiger partial charge in [0.1, 0.15) is 18.2 Å². The van der Waals surface area contributed by atoms with Crippen molar-refractivity contribution >= 4 is 23.2 Å². The van der Waals surface area contributed by atoms with Crippen molar-refractivity contribution < 1.29 is 4.74 Å². The third-order valence-corrected chi connectivity index (χ3v) is 6.03. The van der Waals surface area contributed by atoms with Gasteiger partial charge in [-0.3, -0.25) is 4.99 Å². The van der Waals surface area contributed by atoms with E-state index in [1.165, 1.54) is 5.56 Å². The first kappa shape index (κ1) is 22.3. The van der Waals surface area contributed by atoms with E-state index in [9.17, 15) is 0 Å². The van der Waals surface area contributed by atoms with Crippen molar-refractivity contribution in [3.8, 4) is 5.75 Å². The minimum Gasteiger partial charge on any atom is -0.491 e. The number of para-hydroxylation sites is 1. The molecule has 0 amide bonds. The Morgan fingerprint density at radius 3 is 2.17 bits per heavy atom. The lowest BCUT2D eigenvalue weighted by Gasteiger charge is -2.37. The Labute approximate surface area is 186 Å². The molecule has 160 valence electrons. The van der Waals surface area contributed by atoms with Crippen molar-refractivity contribution in [2.45, 2.75) is 59.2 Å². The van der Waals surface area contributed by atoms with E-state index in [1.54, 1.807) is 0 Å². The standard InChI is InChI=1S/C25H33N3OS/c1-18(19-13-9-7-10-14-19)28-23(30)27-22(25(28,5)6)26-21(24(2,3)4)17-29-20-15-11-8-12-16-20/h7-16,18,21H,17H2,1-6H3,(H,26,27,30)/t18-,21-/m1/s1. The number of hydrogen-bond donors (Lipinski definition) is 1. The van der Waals surface area contributed by atoms with Crippen LogP contribution in [0.3, 0.4) is 0 Å². The summed E-state index contributed by atoms with van der Waals surface area (Å²) in [5.41, 5.74) is 0.832. The molecule has 5 heteroatoms. The molecule has 1 fully saturated rings. The largest absolute Gasteiger partial charge is 0.491 e. The maximum Gasteiger partial charge on any atom is 0.175 e. The molecule has 0 spiro atoms. The van der Waals surface area contributed by atoms with E-state index in [0.29, 0.717) is 11.7 Å². The minimum absolute atomic E-state index is 0.0192. The first-order valence-electron chi connectivity index (χ1n) is 10.5. The van der Waals surface area contributed by atoms with Gasteiger partial charge in [0.15, 0.2) is 5.11 Å². The van der Waals surface area contributed by atoms with Gasteiger partial charge in [-0.1, -0.05) is 69.3 Å². The number of thiocarbonyl (C=S) groups is 1. The summed E-state index contributed by atoms with van der Waals surface area (Å²) in [7, 11) is 0. The van der Waals surface area contributed by atoms with Gasteiger partial charge in [0.2, 0.25) is 0 Å². The molecule has 0 aliphatic carbocycles. The highest BCUT2D eigenvalue weighted by Crippen LogP contribution is 2.34. The third kappa shape index (κ3) is 4.84. The highest BCUT2D eigenvalue weighted by Gasteiger charge is 2.45. The maximum atomic E-state index is 6.06. The summed E-state index contributed by atoms with van der Waals surface area (Å²) < 4.78 is 6.06. The molecular formula is C25H33N3OS. The zero-order chi connectivity index (χ0) is 21.9. The molecule has 2 atom stereocenters. The molecule has 0 unspecified atom stereocenters. The van der Waals surface area contributed by atoms with Crippen LogP contribution in [0, 0.1) is 5.41 Å². The van der Waals surface area contributed by atoms with E-state index < -0.39 is 0 Å². The van der Waals surface area contributed by atoms with Crippen LogP contribution in [0.5, 0.6) is 5.75 Å². The summed E-state index contributed by atoms with van der Waals surface area (Å²) in [6, 6.07) is 20.5. The monoisotopic (exact) mass is 423 g/mol. The fourth-order valence-electron chi connectivity index (χ4n) is 3.74. The van der Waals surface area contributed by atoms with Crippen molar-refractivity contribution in [2.75, 3.05) is 6.61 Å². The topological polar surface area (TPSA) is 36.9 Å². The van der Waals surface area contributed by atoms with Gasteiger partial charge in [0.25, 0.3) is 0 Å². The van der Waals surface area contributed by atoms with Crippen LogP contribution in [-0.2, 0) is 0 Å². The van der Waals surface area contributed by atoms with E-state index >= 15 is 0 Å². The SMILES string of the molecule is C[C@H](c1ccccc1)N1C(=S)NC(=N[C@H](COc2ccccc2)C(C)(C)C)C1(C)C. The molecule has 1 aliphatic rings. The lowest BCUT2D eigenvalue weighted by Crippen LogP contribution is -2.46. The van der Waals surface area contributed by atoms with Crippen LogP contribution in [0.1, 0.15) is 53.1 Å². The fourth-order valence-corrected chi connectivity index (χ4v) is 4.22. The molecule has 4 nitrogen and oxygen atoms in total. The molecule has 0 bridgehead atoms. The normalized spacial score (nSPS) is 19.5. The zero-order valence-electron chi connectivity index (χ0n) is 18.8. The van der Waals surface area contributed by atoms with Crippen LogP contribution in [0.2, 0.25) is 0 Å². The van der Waals surface area contributed by atoms with Crippen LogP contribution in [0.15, 0.2) is 65.7 Å². The number of nitrogens with zero attached hydrogens (tertiary/aromatic N) is 2. The van der Waals surface area contributed by atoms with Crippen LogP contribution >= 0.6 is 12.2 Å². The number of aliphatic imine (C=N–C) groups is 1. The molecule has 3 rings (SSSR count). The van der Waals surface area contributed by atoms with E-state index in [1.807, 2.05) is 36.4 Å². The molecule has 0 saturated carbocycles. The summed E-state index contributed by atoms with van der Waals surface area (Å²) in [5, 5.41) is 4.11. The number of rotatable bonds is 6. The second kappa shape index (κ2) is 8.76. The zero-order valence-corrected chi connectivity index (χ0v) is 19.7. The average Bonchev–Trinajstić information content (AvgIpc) is 2.93. The minimum atomic E-state index is -0.345. The van der Waals surface area contributed by atoms with Gasteiger partial charge in [-0.2, -0.15) is 0 Å². The van der Waals surface area contributed by atoms with Crippen molar-refractivity contribution in [1.29, 1.82) is 0 Å². The summed E-state index contributed by atoms with van der Waals surface area (Å²) in [6.07, 6.45) is 0. The van der Waals surface area contributed by atoms with Gasteiger partial charge in [0.05, 0.1) is 17.6 Å². The number of ether oxygens (including phenoxy) is 1. The van der Waals surface area contributed by atoms with Gasteiger partial charge >= 0.3 is 0 Å². The Morgan fingerprint density at radius 1 is 1.03 bits per heavy atom. The van der Waals surface area contributed by atoms with Gasteiger partial charge < -0.3 is 15.0 Å². The summed E-state index contributed by atoms with van der Waals surface area (Å²) in [6.45, 7) is 13.6. The predicted octanol–water partition coefficient (Wildman–Crippen LogP) is 5.61. The first-order valence-corrected chi connectivity index (χ1v) is 10.9. The maximum absolute atomic E-state index is 6.06. The molecule has 0 aromatic heterocycles. The van der Waals surface area contributed by atoms with E-state index in [4.69, 9.17) is 21.9 Å². The Morgan fingerprint density at radius 2 is 1.60 bits per heavy atom. The molecule has 2 aromatic carbocycles. The molecule has 0 radical (unpaired) electrons. The van der Waals surface area contributed by atoms with Crippen LogP contribution < -0.4 is 10.1 Å². The first-order chi connectivity index (χ1) is 14.1. The molecule has 1 N–H and O–H groups in total. The quantitative estimate of drug-likeness (QED) is 0.613. The Bertz CT molecular complexity index is 888. The smallest absolute Gasteiger partial charge is 0.175 e. The summed E-state index contributed by atoms with van der Waals surface area (Å²) in [4.78, 5) is 7.39. The second-order valence-corrected chi connectivity index (χ2v) is 9.82. The predicted molar refractivity (Wildman–Crippen MR) is 129 cm³/mol. The summed E-state index contributed by atoms with van der Waals surface area (Å²) in [5.74, 6) is 1.76. The van der Waals surface area contributed by atoms with Gasteiger partial charge in [-0.25, -0.2) is 0 Å². The molecule has 1 aliphatic heterocycles. The van der Waals surface area contributed by atoms with E-state index in [-0.39, 0.29) is 23.0 Å². The summed E-state index contributed by atoms with van der Waals surface area (Å²) >= 11 is 5.73. The molecule has 2 aromatic rings. The third-order valence-electron chi connectivity index (χ3n) is 5.73. The highest BCUT2D eigenvalue weighted by atomic mass is 32.1. The number of nitrogens with one attached hydrogen (secondary N) is 1. The van der Waals surface area contributed by atoms with Crippen LogP contribution in [-0.4, -0.2) is 34.0 Å². The van der Waals surface area contributed by atoms with Crippen molar-refractivity contribution in [3.63, 3.8) is 0 Å². The Kier molecular flexibility index (Phi) is 6.51. The number of amidine groups is 1. The van der Waals surface area contributed by atoms with Crippen molar-refractivity contribution in [3.05, 3.63) is 66.2 Å². The van der Waals surface area contributed by atoms with Crippen LogP contribution in [0.25, 0.3) is 0 Å². The lowest BCUT2D eigenvalue weighted by molar-refractivity contribution is 0.203. The Balaban J connectivity index is 1.85. The highest BCUT2D eigenvalue weighted by molar-refractivity contribution is 7.80. The fraction of sp³-hybridized carbons (Fsp3) is 0.440. The number of hydrogen-bond acceptors (Lipinski definition) is 3. The Hall–Kier alpha value is -2.40.